The maximum atomic E-state index is 11.8. The van der Waals surface area contributed by atoms with Crippen LogP contribution >= 0.6 is 0 Å². The number of amides is 2. The number of hydrazone groups is 1. The van der Waals surface area contributed by atoms with Gasteiger partial charge in [0.25, 0.3) is 5.91 Å². The predicted octanol–water partition coefficient (Wildman–Crippen LogP) is 0.971. The molecule has 0 unspecified atom stereocenters. The maximum Gasteiger partial charge on any atom is 0.252 e. The van der Waals surface area contributed by atoms with Gasteiger partial charge in [-0.2, -0.15) is 5.10 Å². The Hall–Kier alpha value is -2.17. The quantitative estimate of drug-likeness (QED) is 0.482. The molecule has 0 aliphatic carbocycles. The average molecular weight is 259 g/mol. The number of nitrogens with one attached hydrogen (secondary N) is 2. The first kappa shape index (κ1) is 13.3. The van der Waals surface area contributed by atoms with E-state index >= 15 is 0 Å². The molecule has 1 fully saturated rings. The molecule has 0 aromatic heterocycles. The van der Waals surface area contributed by atoms with Crippen LogP contribution in [0.1, 0.15) is 24.0 Å². The molecule has 2 amide bonds. The second-order valence-electron chi connectivity index (χ2n) is 4.63. The van der Waals surface area contributed by atoms with Crippen LogP contribution in [0.3, 0.4) is 0 Å². The maximum absolute atomic E-state index is 11.8. The number of nitrogens with zero attached hydrogens (tertiary/aromatic N) is 1. The first-order valence-corrected chi connectivity index (χ1v) is 6.34. The van der Waals surface area contributed by atoms with Gasteiger partial charge in [-0.1, -0.05) is 29.8 Å². The van der Waals surface area contributed by atoms with Crippen LogP contribution in [0.15, 0.2) is 29.4 Å². The summed E-state index contributed by atoms with van der Waals surface area (Å²) in [7, 11) is 0. The van der Waals surface area contributed by atoms with Gasteiger partial charge in [-0.15, -0.1) is 0 Å². The lowest BCUT2D eigenvalue weighted by molar-refractivity contribution is -0.136. The summed E-state index contributed by atoms with van der Waals surface area (Å²) in [5.41, 5.74) is 4.46. The van der Waals surface area contributed by atoms with E-state index in [1.807, 2.05) is 31.2 Å². The molecule has 100 valence electrons. The Labute approximate surface area is 112 Å². The molecule has 0 spiro atoms. The van der Waals surface area contributed by atoms with E-state index in [0.717, 1.165) is 17.5 Å². The molecule has 1 aromatic rings. The molecule has 0 bridgehead atoms. The van der Waals surface area contributed by atoms with Gasteiger partial charge in [-0.05, 0) is 25.3 Å². The summed E-state index contributed by atoms with van der Waals surface area (Å²) in [5, 5.41) is 6.56. The minimum atomic E-state index is -0.622. The number of piperidine rings is 1. The predicted molar refractivity (Wildman–Crippen MR) is 72.6 cm³/mol. The summed E-state index contributed by atoms with van der Waals surface area (Å²) in [5.74, 6) is -1.18. The zero-order valence-electron chi connectivity index (χ0n) is 10.8. The van der Waals surface area contributed by atoms with Gasteiger partial charge in [0.05, 0.1) is 6.21 Å². The Morgan fingerprint density at radius 3 is 3.11 bits per heavy atom. The number of carbonyl (C=O) groups excluding carboxylic acids is 2. The van der Waals surface area contributed by atoms with Crippen LogP contribution in [0.2, 0.25) is 0 Å². The summed E-state index contributed by atoms with van der Waals surface area (Å²) in [4.78, 5) is 23.3. The van der Waals surface area contributed by atoms with Crippen LogP contribution in [0.5, 0.6) is 0 Å². The summed E-state index contributed by atoms with van der Waals surface area (Å²) in [6, 6.07) is 7.77. The Morgan fingerprint density at radius 1 is 1.53 bits per heavy atom. The standard InChI is InChI=1S/C14H17N3O2/c1-10-4-2-5-11(8-10)9-16-17-14(19)12-6-3-7-15-13(12)18/h2,4-5,8-9,12H,3,6-7H2,1H3,(H,15,18)(H,17,19)/t12-/m0/s1. The van der Waals surface area contributed by atoms with Gasteiger partial charge in [0, 0.05) is 6.54 Å². The third-order valence-corrected chi connectivity index (χ3v) is 3.03. The van der Waals surface area contributed by atoms with Crippen molar-refractivity contribution in [3.8, 4) is 0 Å². The molecule has 1 aliphatic rings. The lowest BCUT2D eigenvalue weighted by atomic mass is 9.98. The number of hydrogen-bond donors (Lipinski definition) is 2. The van der Waals surface area contributed by atoms with Crippen LogP contribution in [0.25, 0.3) is 0 Å². The molecule has 1 aromatic carbocycles. The molecule has 0 saturated carbocycles. The molecule has 1 aliphatic heterocycles. The smallest absolute Gasteiger partial charge is 0.252 e. The largest absolute Gasteiger partial charge is 0.355 e. The molecule has 1 heterocycles. The van der Waals surface area contributed by atoms with Gasteiger partial charge in [0.15, 0.2) is 0 Å². The molecule has 1 saturated heterocycles. The van der Waals surface area contributed by atoms with Crippen LogP contribution in [0.4, 0.5) is 0 Å². The Bertz CT molecular complexity index is 511. The van der Waals surface area contributed by atoms with Crippen molar-refractivity contribution in [2.24, 2.45) is 11.0 Å². The highest BCUT2D eigenvalue weighted by atomic mass is 16.2. The molecule has 2 rings (SSSR count). The SMILES string of the molecule is Cc1cccc(C=NNC(=O)[C@H]2CCCNC2=O)c1. The highest BCUT2D eigenvalue weighted by Crippen LogP contribution is 2.11. The van der Waals surface area contributed by atoms with Gasteiger partial charge >= 0.3 is 0 Å². The Morgan fingerprint density at radius 2 is 2.37 bits per heavy atom. The van der Waals surface area contributed by atoms with Gasteiger partial charge in [-0.3, -0.25) is 9.59 Å². The van der Waals surface area contributed by atoms with Crippen molar-refractivity contribution in [3.05, 3.63) is 35.4 Å². The summed E-state index contributed by atoms with van der Waals surface area (Å²) in [6.45, 7) is 2.64. The molecule has 5 nitrogen and oxygen atoms in total. The third-order valence-electron chi connectivity index (χ3n) is 3.03. The second-order valence-corrected chi connectivity index (χ2v) is 4.63. The van der Waals surface area contributed by atoms with Crippen molar-refractivity contribution in [1.29, 1.82) is 0 Å². The average Bonchev–Trinajstić information content (AvgIpc) is 2.39. The van der Waals surface area contributed by atoms with Crippen molar-refractivity contribution >= 4 is 18.0 Å². The number of carbonyl (C=O) groups is 2. The number of aryl methyl sites for hydroxylation is 1. The Kier molecular flexibility index (Phi) is 4.28. The highest BCUT2D eigenvalue weighted by Gasteiger charge is 2.28. The Balaban J connectivity index is 1.91. The van der Waals surface area contributed by atoms with E-state index in [2.05, 4.69) is 15.8 Å². The summed E-state index contributed by atoms with van der Waals surface area (Å²) < 4.78 is 0. The molecular weight excluding hydrogens is 242 g/mol. The first-order valence-electron chi connectivity index (χ1n) is 6.34. The van der Waals surface area contributed by atoms with Gasteiger partial charge in [0.2, 0.25) is 5.91 Å². The highest BCUT2D eigenvalue weighted by molar-refractivity contribution is 6.00. The topological polar surface area (TPSA) is 70.6 Å². The second kappa shape index (κ2) is 6.13. The van der Waals surface area contributed by atoms with Crippen molar-refractivity contribution in [1.82, 2.24) is 10.7 Å². The normalized spacial score (nSPS) is 19.2. The molecule has 5 heteroatoms. The van der Waals surface area contributed by atoms with E-state index in [4.69, 9.17) is 0 Å². The fourth-order valence-corrected chi connectivity index (χ4v) is 2.02. The molecule has 2 N–H and O–H groups in total. The van der Waals surface area contributed by atoms with Crippen molar-refractivity contribution in [2.75, 3.05) is 6.54 Å². The first-order chi connectivity index (χ1) is 9.16. The van der Waals surface area contributed by atoms with Crippen LogP contribution < -0.4 is 10.7 Å². The van der Waals surface area contributed by atoms with E-state index < -0.39 is 5.92 Å². The van der Waals surface area contributed by atoms with E-state index in [0.29, 0.717) is 13.0 Å². The van der Waals surface area contributed by atoms with E-state index in [1.54, 1.807) is 6.21 Å². The molecule has 19 heavy (non-hydrogen) atoms. The van der Waals surface area contributed by atoms with E-state index in [-0.39, 0.29) is 11.8 Å². The van der Waals surface area contributed by atoms with E-state index in [9.17, 15) is 9.59 Å². The summed E-state index contributed by atoms with van der Waals surface area (Å²) >= 11 is 0. The molecule has 0 radical (unpaired) electrons. The van der Waals surface area contributed by atoms with Crippen LogP contribution in [-0.2, 0) is 9.59 Å². The fraction of sp³-hybridized carbons (Fsp3) is 0.357. The minimum Gasteiger partial charge on any atom is -0.355 e. The van der Waals surface area contributed by atoms with Crippen LogP contribution in [0, 0.1) is 12.8 Å². The molecule has 1 atom stereocenters. The zero-order chi connectivity index (χ0) is 13.7. The van der Waals surface area contributed by atoms with Gasteiger partial charge in [-0.25, -0.2) is 5.43 Å². The lowest BCUT2D eigenvalue weighted by Gasteiger charge is -2.19. The third kappa shape index (κ3) is 3.64. The van der Waals surface area contributed by atoms with Crippen molar-refractivity contribution in [2.45, 2.75) is 19.8 Å². The zero-order valence-corrected chi connectivity index (χ0v) is 10.8. The fourth-order valence-electron chi connectivity index (χ4n) is 2.02. The summed E-state index contributed by atoms with van der Waals surface area (Å²) in [6.07, 6.45) is 2.98. The van der Waals surface area contributed by atoms with E-state index in [1.165, 1.54) is 0 Å². The number of hydrogen-bond acceptors (Lipinski definition) is 3. The lowest BCUT2D eigenvalue weighted by Crippen LogP contribution is -2.43. The van der Waals surface area contributed by atoms with Crippen molar-refractivity contribution < 1.29 is 9.59 Å². The number of rotatable bonds is 3. The van der Waals surface area contributed by atoms with Crippen molar-refractivity contribution in [3.63, 3.8) is 0 Å². The van der Waals surface area contributed by atoms with Gasteiger partial charge in [0.1, 0.15) is 5.92 Å². The monoisotopic (exact) mass is 259 g/mol. The number of benzene rings is 1. The van der Waals surface area contributed by atoms with Gasteiger partial charge < -0.3 is 5.32 Å². The molecular formula is C14H17N3O2. The minimum absolute atomic E-state index is 0.213. The van der Waals surface area contributed by atoms with Crippen LogP contribution in [-0.4, -0.2) is 24.6 Å².